The molecule has 0 aliphatic heterocycles. The van der Waals surface area contributed by atoms with E-state index in [2.05, 4.69) is 20.9 Å². The van der Waals surface area contributed by atoms with Crippen molar-refractivity contribution in [2.45, 2.75) is 13.5 Å². The molecule has 6 nitrogen and oxygen atoms in total. The van der Waals surface area contributed by atoms with Crippen LogP contribution in [0, 0.1) is 5.82 Å². The van der Waals surface area contributed by atoms with Crippen molar-refractivity contribution < 1.29 is 13.9 Å². The molecule has 0 aliphatic rings. The highest BCUT2D eigenvalue weighted by atomic mass is 19.1. The fraction of sp³-hybridized carbons (Fsp3) is 0.263. The number of benzene rings is 2. The summed E-state index contributed by atoms with van der Waals surface area (Å²) in [6.45, 7) is 3.09. The van der Waals surface area contributed by atoms with Gasteiger partial charge in [-0.2, -0.15) is 0 Å². The summed E-state index contributed by atoms with van der Waals surface area (Å²) in [6, 6.07) is 13.4. The van der Waals surface area contributed by atoms with Crippen molar-refractivity contribution in [3.05, 3.63) is 59.9 Å². The van der Waals surface area contributed by atoms with E-state index < -0.39 is 5.82 Å². The number of anilines is 1. The molecule has 1 amide bonds. The molecule has 0 aromatic heterocycles. The number of methoxy groups -OCH3 is 1. The number of halogens is 1. The Bertz CT molecular complexity index is 747. The molecule has 0 aliphatic carbocycles. The maximum absolute atomic E-state index is 13.1. The minimum absolute atomic E-state index is 0.0188. The maximum Gasteiger partial charge on any atom is 0.243 e. The fourth-order valence-corrected chi connectivity index (χ4v) is 2.18. The second-order valence-electron chi connectivity index (χ2n) is 5.46. The van der Waals surface area contributed by atoms with Crippen molar-refractivity contribution in [3.8, 4) is 5.75 Å². The van der Waals surface area contributed by atoms with Crippen LogP contribution in [0.3, 0.4) is 0 Å². The molecule has 7 heteroatoms. The number of carbonyl (C=O) groups excluding carboxylic acids is 1. The minimum Gasteiger partial charge on any atom is -0.497 e. The summed E-state index contributed by atoms with van der Waals surface area (Å²) in [5.41, 5.74) is 1.43. The largest absolute Gasteiger partial charge is 0.497 e. The lowest BCUT2D eigenvalue weighted by Gasteiger charge is -2.11. The fourth-order valence-electron chi connectivity index (χ4n) is 2.18. The molecule has 0 bridgehead atoms. The molecule has 26 heavy (non-hydrogen) atoms. The van der Waals surface area contributed by atoms with Gasteiger partial charge in [0.05, 0.1) is 20.2 Å². The molecule has 138 valence electrons. The van der Waals surface area contributed by atoms with Gasteiger partial charge in [-0.3, -0.25) is 4.79 Å². The van der Waals surface area contributed by atoms with Crippen LogP contribution >= 0.6 is 0 Å². The van der Waals surface area contributed by atoms with E-state index in [-0.39, 0.29) is 12.5 Å². The number of rotatable bonds is 7. The molecule has 0 radical (unpaired) electrons. The van der Waals surface area contributed by atoms with Crippen molar-refractivity contribution in [3.63, 3.8) is 0 Å². The van der Waals surface area contributed by atoms with E-state index in [1.165, 1.54) is 12.1 Å². The van der Waals surface area contributed by atoms with E-state index in [1.807, 2.05) is 31.2 Å². The van der Waals surface area contributed by atoms with Crippen LogP contribution in [0.2, 0.25) is 0 Å². The van der Waals surface area contributed by atoms with Crippen LogP contribution in [-0.4, -0.2) is 32.1 Å². The predicted octanol–water partition coefficient (Wildman–Crippen LogP) is 2.53. The predicted molar refractivity (Wildman–Crippen MR) is 101 cm³/mol. The van der Waals surface area contributed by atoms with Crippen molar-refractivity contribution in [1.29, 1.82) is 0 Å². The Balaban J connectivity index is 1.88. The Morgan fingerprint density at radius 1 is 1.15 bits per heavy atom. The summed E-state index contributed by atoms with van der Waals surface area (Å²) in [6.07, 6.45) is 0. The van der Waals surface area contributed by atoms with Gasteiger partial charge in [0.25, 0.3) is 0 Å². The van der Waals surface area contributed by atoms with Crippen LogP contribution < -0.4 is 20.7 Å². The average molecular weight is 358 g/mol. The molecule has 0 saturated heterocycles. The van der Waals surface area contributed by atoms with Gasteiger partial charge in [0.1, 0.15) is 11.6 Å². The van der Waals surface area contributed by atoms with Crippen LogP contribution in [-0.2, 0) is 11.3 Å². The third kappa shape index (κ3) is 6.43. The maximum atomic E-state index is 13.1. The molecule has 0 saturated carbocycles. The molecule has 2 rings (SSSR count). The van der Waals surface area contributed by atoms with Crippen LogP contribution in [0.4, 0.5) is 10.1 Å². The summed E-state index contributed by atoms with van der Waals surface area (Å²) in [5.74, 6) is 0.630. The van der Waals surface area contributed by atoms with Gasteiger partial charge in [-0.1, -0.05) is 18.2 Å². The SMILES string of the molecule is CCNC(=NCc1ccc(OC)cc1)NCC(=O)Nc1cccc(F)c1. The molecule has 0 spiro atoms. The van der Waals surface area contributed by atoms with Crippen molar-refractivity contribution in [2.24, 2.45) is 4.99 Å². The van der Waals surface area contributed by atoms with Crippen LogP contribution in [0.1, 0.15) is 12.5 Å². The number of nitrogens with one attached hydrogen (secondary N) is 3. The van der Waals surface area contributed by atoms with Gasteiger partial charge in [0, 0.05) is 12.2 Å². The first-order valence-corrected chi connectivity index (χ1v) is 8.31. The summed E-state index contributed by atoms with van der Waals surface area (Å²) in [4.78, 5) is 16.4. The highest BCUT2D eigenvalue weighted by molar-refractivity contribution is 5.94. The standard InChI is InChI=1S/C19H23FN4O2/c1-3-21-19(22-12-14-7-9-17(26-2)10-8-14)23-13-18(25)24-16-6-4-5-15(20)11-16/h4-11H,3,12-13H2,1-2H3,(H,24,25)(H2,21,22,23). The van der Waals surface area contributed by atoms with Crippen LogP contribution in [0.25, 0.3) is 0 Å². The van der Waals surface area contributed by atoms with Gasteiger partial charge >= 0.3 is 0 Å². The van der Waals surface area contributed by atoms with Gasteiger partial charge in [-0.05, 0) is 42.8 Å². The average Bonchev–Trinajstić information content (AvgIpc) is 2.64. The number of nitrogens with zero attached hydrogens (tertiary/aromatic N) is 1. The zero-order valence-electron chi connectivity index (χ0n) is 14.9. The lowest BCUT2D eigenvalue weighted by molar-refractivity contribution is -0.115. The normalized spacial score (nSPS) is 11.0. The third-order valence-corrected chi connectivity index (χ3v) is 3.45. The third-order valence-electron chi connectivity index (χ3n) is 3.45. The summed E-state index contributed by atoms with van der Waals surface area (Å²) in [7, 11) is 1.62. The van der Waals surface area contributed by atoms with Crippen LogP contribution in [0.15, 0.2) is 53.5 Å². The second kappa shape index (κ2) is 10.0. The molecule has 0 atom stereocenters. The Kier molecular flexibility index (Phi) is 7.42. The monoisotopic (exact) mass is 358 g/mol. The van der Waals surface area contributed by atoms with Gasteiger partial charge < -0.3 is 20.7 Å². The number of amides is 1. The Morgan fingerprint density at radius 2 is 1.92 bits per heavy atom. The van der Waals surface area contributed by atoms with Crippen molar-refractivity contribution in [2.75, 3.05) is 25.5 Å². The summed E-state index contributed by atoms with van der Waals surface area (Å²) >= 11 is 0. The van der Waals surface area contributed by atoms with Crippen molar-refractivity contribution in [1.82, 2.24) is 10.6 Å². The quantitative estimate of drug-likeness (QED) is 0.525. The van der Waals surface area contributed by atoms with E-state index in [4.69, 9.17) is 4.74 Å². The molecular weight excluding hydrogens is 335 g/mol. The van der Waals surface area contributed by atoms with E-state index in [0.29, 0.717) is 24.7 Å². The van der Waals surface area contributed by atoms with Crippen LogP contribution in [0.5, 0.6) is 5.75 Å². The number of carbonyl (C=O) groups is 1. The molecule has 3 N–H and O–H groups in total. The second-order valence-corrected chi connectivity index (χ2v) is 5.46. The number of ether oxygens (including phenoxy) is 1. The van der Waals surface area contributed by atoms with Gasteiger partial charge in [0.15, 0.2) is 5.96 Å². The highest BCUT2D eigenvalue weighted by Gasteiger charge is 2.05. The first-order valence-electron chi connectivity index (χ1n) is 8.31. The topological polar surface area (TPSA) is 74.8 Å². The van der Waals surface area contributed by atoms with Gasteiger partial charge in [-0.15, -0.1) is 0 Å². The lowest BCUT2D eigenvalue weighted by Crippen LogP contribution is -2.41. The molecule has 2 aromatic rings. The zero-order chi connectivity index (χ0) is 18.8. The molecule has 0 heterocycles. The highest BCUT2D eigenvalue weighted by Crippen LogP contribution is 2.12. The molecule has 0 fully saturated rings. The molecular formula is C19H23FN4O2. The zero-order valence-corrected chi connectivity index (χ0v) is 14.9. The molecule has 2 aromatic carbocycles. The van der Waals surface area contributed by atoms with E-state index >= 15 is 0 Å². The summed E-state index contributed by atoms with van der Waals surface area (Å²) in [5, 5.41) is 8.66. The first kappa shape index (κ1) is 19.2. The van der Waals surface area contributed by atoms with E-state index in [0.717, 1.165) is 11.3 Å². The minimum atomic E-state index is -0.398. The lowest BCUT2D eigenvalue weighted by atomic mass is 10.2. The van der Waals surface area contributed by atoms with E-state index in [9.17, 15) is 9.18 Å². The summed E-state index contributed by atoms with van der Waals surface area (Å²) < 4.78 is 18.3. The van der Waals surface area contributed by atoms with Gasteiger partial charge in [-0.25, -0.2) is 9.38 Å². The number of guanidine groups is 1. The Labute approximate surface area is 152 Å². The Morgan fingerprint density at radius 3 is 2.58 bits per heavy atom. The van der Waals surface area contributed by atoms with E-state index in [1.54, 1.807) is 19.2 Å². The Hall–Kier alpha value is -3.09. The smallest absolute Gasteiger partial charge is 0.243 e. The van der Waals surface area contributed by atoms with Crippen molar-refractivity contribution >= 4 is 17.6 Å². The number of hydrogen-bond donors (Lipinski definition) is 3. The first-order chi connectivity index (χ1) is 12.6. The number of aliphatic imine (C=N–C) groups is 1. The number of hydrogen-bond acceptors (Lipinski definition) is 3. The molecule has 0 unspecified atom stereocenters. The van der Waals surface area contributed by atoms with Gasteiger partial charge in [0.2, 0.25) is 5.91 Å².